The first kappa shape index (κ1) is 18.2. The van der Waals surface area contributed by atoms with E-state index in [1.165, 1.54) is 18.3 Å². The first-order valence-electron chi connectivity index (χ1n) is 7.75. The Labute approximate surface area is 157 Å². The number of hydrogen-bond donors (Lipinski definition) is 3. The molecule has 1 aromatic carbocycles. The van der Waals surface area contributed by atoms with E-state index in [-0.39, 0.29) is 17.5 Å². The zero-order valence-corrected chi connectivity index (χ0v) is 15.0. The van der Waals surface area contributed by atoms with Crippen LogP contribution < -0.4 is 16.4 Å². The van der Waals surface area contributed by atoms with E-state index in [0.29, 0.717) is 17.4 Å². The van der Waals surface area contributed by atoms with Gasteiger partial charge in [-0.05, 0) is 5.56 Å². The fourth-order valence-corrected chi connectivity index (χ4v) is 2.97. The van der Waals surface area contributed by atoms with Crippen LogP contribution in [0.4, 0.5) is 22.5 Å². The predicted molar refractivity (Wildman–Crippen MR) is 101 cm³/mol. The molecule has 3 aromatic rings. The molecule has 0 radical (unpaired) electrons. The van der Waals surface area contributed by atoms with Crippen molar-refractivity contribution in [1.29, 1.82) is 0 Å². The zero-order valence-electron chi connectivity index (χ0n) is 14.2. The Hall–Kier alpha value is -3.60. The second-order valence-electron chi connectivity index (χ2n) is 5.48. The van der Waals surface area contributed by atoms with E-state index in [0.717, 1.165) is 17.5 Å². The maximum absolute atomic E-state index is 11.1. The number of nitrogens with one attached hydrogen (secondary N) is 2. The van der Waals surface area contributed by atoms with Crippen molar-refractivity contribution in [3.05, 3.63) is 51.7 Å². The van der Waals surface area contributed by atoms with Crippen molar-refractivity contribution in [2.45, 2.75) is 13.5 Å². The molecular weight excluding hydrogens is 370 g/mol. The van der Waals surface area contributed by atoms with Gasteiger partial charge >= 0.3 is 5.69 Å². The summed E-state index contributed by atoms with van der Waals surface area (Å²) in [6, 6.07) is 7.57. The Balaban J connectivity index is 1.77. The molecule has 1 amide bonds. The number of anilines is 3. The van der Waals surface area contributed by atoms with Crippen LogP contribution in [0.2, 0.25) is 0 Å². The Morgan fingerprint density at radius 1 is 1.30 bits per heavy atom. The summed E-state index contributed by atoms with van der Waals surface area (Å²) in [5, 5.41) is 19.0. The van der Waals surface area contributed by atoms with Crippen LogP contribution in [0.15, 0.2) is 36.0 Å². The molecule has 0 saturated heterocycles. The summed E-state index contributed by atoms with van der Waals surface area (Å²) in [7, 11) is 0. The number of amides is 1. The second kappa shape index (κ2) is 7.74. The van der Waals surface area contributed by atoms with Crippen molar-refractivity contribution < 1.29 is 9.72 Å². The van der Waals surface area contributed by atoms with Crippen molar-refractivity contribution in [2.24, 2.45) is 0 Å². The highest BCUT2D eigenvalue weighted by atomic mass is 32.1. The molecule has 3 rings (SSSR count). The standard InChI is InChI=1S/C16H15N7O3S/c1-9(24)18-6-10-2-4-11(5-3-10)12-7-27-16(21-12)22-15-13(23(25)26)14(17)19-8-20-15/h2-5,7-8H,6H2,1H3,(H,18,24)(H3,17,19,20,21,22). The summed E-state index contributed by atoms with van der Waals surface area (Å²) in [5.74, 6) is -0.322. The lowest BCUT2D eigenvalue weighted by molar-refractivity contribution is -0.383. The average Bonchev–Trinajstić information content (AvgIpc) is 3.08. The molecule has 2 aromatic heterocycles. The molecule has 4 N–H and O–H groups in total. The summed E-state index contributed by atoms with van der Waals surface area (Å²) < 4.78 is 0. The highest BCUT2D eigenvalue weighted by molar-refractivity contribution is 7.14. The number of rotatable bonds is 6. The molecule has 0 bridgehead atoms. The molecule has 0 saturated carbocycles. The van der Waals surface area contributed by atoms with Crippen LogP contribution in [0, 0.1) is 10.1 Å². The summed E-state index contributed by atoms with van der Waals surface area (Å²) in [4.78, 5) is 33.4. The number of nitrogens with two attached hydrogens (primary N) is 1. The smallest absolute Gasteiger partial charge is 0.353 e. The molecule has 0 fully saturated rings. The van der Waals surface area contributed by atoms with Crippen molar-refractivity contribution in [1.82, 2.24) is 20.3 Å². The van der Waals surface area contributed by atoms with Gasteiger partial charge in [-0.3, -0.25) is 14.9 Å². The van der Waals surface area contributed by atoms with Gasteiger partial charge in [0.2, 0.25) is 17.5 Å². The Kier molecular flexibility index (Phi) is 5.22. The minimum absolute atomic E-state index is 0.0148. The van der Waals surface area contributed by atoms with Crippen molar-refractivity contribution in [3.63, 3.8) is 0 Å². The van der Waals surface area contributed by atoms with Gasteiger partial charge in [0.1, 0.15) is 6.33 Å². The number of benzene rings is 1. The number of carbonyl (C=O) groups excluding carboxylic acids is 1. The van der Waals surface area contributed by atoms with Gasteiger partial charge in [-0.25, -0.2) is 15.0 Å². The maximum Gasteiger partial charge on any atom is 0.353 e. The van der Waals surface area contributed by atoms with E-state index in [2.05, 4.69) is 25.6 Å². The van der Waals surface area contributed by atoms with Gasteiger partial charge in [-0.2, -0.15) is 0 Å². The molecule has 0 aliphatic carbocycles. The molecule has 10 nitrogen and oxygen atoms in total. The predicted octanol–water partition coefficient (Wildman–Crippen LogP) is 2.47. The van der Waals surface area contributed by atoms with Crippen molar-refractivity contribution >= 4 is 39.7 Å². The van der Waals surface area contributed by atoms with Crippen LogP contribution in [0.5, 0.6) is 0 Å². The van der Waals surface area contributed by atoms with Crippen LogP contribution in [-0.2, 0) is 11.3 Å². The quantitative estimate of drug-likeness (QED) is 0.433. The number of aromatic nitrogens is 3. The molecular formula is C16H15N7O3S. The van der Waals surface area contributed by atoms with E-state index in [9.17, 15) is 14.9 Å². The third-order valence-electron chi connectivity index (χ3n) is 3.55. The molecule has 27 heavy (non-hydrogen) atoms. The molecule has 0 aliphatic heterocycles. The SMILES string of the molecule is CC(=O)NCc1ccc(-c2csc(Nc3ncnc(N)c3[N+](=O)[O-])n2)cc1. The van der Waals surface area contributed by atoms with Gasteiger partial charge in [-0.1, -0.05) is 24.3 Å². The van der Waals surface area contributed by atoms with Gasteiger partial charge in [-0.15, -0.1) is 11.3 Å². The number of nitro groups is 1. The van der Waals surface area contributed by atoms with E-state index in [1.807, 2.05) is 29.6 Å². The first-order valence-corrected chi connectivity index (χ1v) is 8.63. The molecule has 11 heteroatoms. The first-order chi connectivity index (χ1) is 12.9. The molecule has 0 aliphatic rings. The highest BCUT2D eigenvalue weighted by Crippen LogP contribution is 2.32. The lowest BCUT2D eigenvalue weighted by Crippen LogP contribution is -2.18. The molecule has 0 unspecified atom stereocenters. The van der Waals surface area contributed by atoms with Crippen LogP contribution in [0.25, 0.3) is 11.3 Å². The van der Waals surface area contributed by atoms with E-state index in [4.69, 9.17) is 5.73 Å². The monoisotopic (exact) mass is 385 g/mol. The highest BCUT2D eigenvalue weighted by Gasteiger charge is 2.21. The van der Waals surface area contributed by atoms with Crippen molar-refractivity contribution in [3.8, 4) is 11.3 Å². The topological polar surface area (TPSA) is 149 Å². The summed E-state index contributed by atoms with van der Waals surface area (Å²) in [6.45, 7) is 1.92. The van der Waals surface area contributed by atoms with Crippen LogP contribution in [0.3, 0.4) is 0 Å². The normalized spacial score (nSPS) is 10.4. The molecule has 0 spiro atoms. The second-order valence-corrected chi connectivity index (χ2v) is 6.34. The Morgan fingerprint density at radius 2 is 2.04 bits per heavy atom. The number of nitrogen functional groups attached to an aromatic ring is 1. The number of hydrogen-bond acceptors (Lipinski definition) is 9. The largest absolute Gasteiger partial charge is 0.378 e. The van der Waals surface area contributed by atoms with Gasteiger partial charge in [0.15, 0.2) is 5.13 Å². The molecule has 2 heterocycles. The third-order valence-corrected chi connectivity index (χ3v) is 4.31. The van der Waals surface area contributed by atoms with Crippen molar-refractivity contribution in [2.75, 3.05) is 11.1 Å². The fraction of sp³-hybridized carbons (Fsp3) is 0.125. The maximum atomic E-state index is 11.1. The fourth-order valence-electron chi connectivity index (χ4n) is 2.25. The zero-order chi connectivity index (χ0) is 19.4. The summed E-state index contributed by atoms with van der Waals surface area (Å²) in [6.07, 6.45) is 1.15. The average molecular weight is 385 g/mol. The minimum Gasteiger partial charge on any atom is -0.378 e. The van der Waals surface area contributed by atoms with Gasteiger partial charge in [0, 0.05) is 24.4 Å². The molecule has 0 atom stereocenters. The number of thiazole rings is 1. The summed E-state index contributed by atoms with van der Waals surface area (Å²) in [5.41, 5.74) is 7.71. The Morgan fingerprint density at radius 3 is 2.70 bits per heavy atom. The van der Waals surface area contributed by atoms with Crippen LogP contribution in [-0.4, -0.2) is 25.8 Å². The van der Waals surface area contributed by atoms with E-state index >= 15 is 0 Å². The lowest BCUT2D eigenvalue weighted by Gasteiger charge is -2.04. The van der Waals surface area contributed by atoms with Gasteiger partial charge in [0.25, 0.3) is 0 Å². The third kappa shape index (κ3) is 4.33. The van der Waals surface area contributed by atoms with Gasteiger partial charge in [0.05, 0.1) is 10.6 Å². The Bertz CT molecular complexity index is 988. The van der Waals surface area contributed by atoms with Crippen LogP contribution in [0.1, 0.15) is 12.5 Å². The minimum atomic E-state index is -0.639. The van der Waals surface area contributed by atoms with Crippen LogP contribution >= 0.6 is 11.3 Å². The number of carbonyl (C=O) groups is 1. The van der Waals surface area contributed by atoms with E-state index in [1.54, 1.807) is 0 Å². The summed E-state index contributed by atoms with van der Waals surface area (Å²) >= 11 is 1.28. The lowest BCUT2D eigenvalue weighted by atomic mass is 10.1. The number of nitrogens with zero attached hydrogens (tertiary/aromatic N) is 4. The molecule has 138 valence electrons. The van der Waals surface area contributed by atoms with Gasteiger partial charge < -0.3 is 16.4 Å². The van der Waals surface area contributed by atoms with E-state index < -0.39 is 10.6 Å².